The minimum Gasteiger partial charge on any atom is -0.481 e. The highest BCUT2D eigenvalue weighted by Gasteiger charge is 2.73. The highest BCUT2D eigenvalue weighted by molar-refractivity contribution is 5.80. The Hall–Kier alpha value is -1.36. The minimum atomic E-state index is -0.625. The lowest BCUT2D eigenvalue weighted by molar-refractivity contribution is -0.196. The molecule has 3 aliphatic carbocycles. The Morgan fingerprint density at radius 3 is 2.79 bits per heavy atom. The molecule has 5 nitrogen and oxygen atoms in total. The second kappa shape index (κ2) is 3.39. The van der Waals surface area contributed by atoms with Crippen LogP contribution in [0.2, 0.25) is 0 Å². The zero-order chi connectivity index (χ0) is 13.3. The lowest BCUT2D eigenvalue weighted by Crippen LogP contribution is -2.68. The monoisotopic (exact) mass is 262 g/mol. The van der Waals surface area contributed by atoms with Crippen molar-refractivity contribution in [3.05, 3.63) is 17.7 Å². The molecule has 4 fully saturated rings. The second-order valence-electron chi connectivity index (χ2n) is 6.51. The van der Waals surface area contributed by atoms with Crippen molar-refractivity contribution in [1.82, 2.24) is 9.55 Å². The molecule has 2 heterocycles. The van der Waals surface area contributed by atoms with E-state index in [-0.39, 0.29) is 5.41 Å². The van der Waals surface area contributed by atoms with E-state index in [1.165, 1.54) is 5.69 Å². The van der Waals surface area contributed by atoms with Crippen LogP contribution in [-0.4, -0.2) is 33.3 Å². The van der Waals surface area contributed by atoms with Crippen molar-refractivity contribution >= 4 is 5.97 Å². The standard InChI is InChI=1S/C14H18N2O3/c1-9-11(13-5-14(6-13,7-13)12(17)18)16(8-15-9)4-10-2-3-19-10/h8,10H,2-7H2,1H3,(H,17,18)/t10-,13?,14?/m0/s1. The summed E-state index contributed by atoms with van der Waals surface area (Å²) in [6.45, 7) is 3.75. The van der Waals surface area contributed by atoms with Crippen molar-refractivity contribution in [3.63, 3.8) is 0 Å². The van der Waals surface area contributed by atoms with Gasteiger partial charge in [0.15, 0.2) is 0 Å². The lowest BCUT2D eigenvalue weighted by atomic mass is 9.34. The van der Waals surface area contributed by atoms with Gasteiger partial charge in [0.25, 0.3) is 0 Å². The number of hydrogen-bond acceptors (Lipinski definition) is 3. The van der Waals surface area contributed by atoms with Crippen molar-refractivity contribution < 1.29 is 14.6 Å². The maximum Gasteiger partial charge on any atom is 0.309 e. The molecule has 0 aromatic carbocycles. The first-order valence-corrected chi connectivity index (χ1v) is 6.92. The smallest absolute Gasteiger partial charge is 0.309 e. The maximum atomic E-state index is 11.2. The summed E-state index contributed by atoms with van der Waals surface area (Å²) in [5, 5.41) is 9.23. The highest BCUT2D eigenvalue weighted by atomic mass is 16.5. The predicted molar refractivity (Wildman–Crippen MR) is 66.9 cm³/mol. The molecule has 19 heavy (non-hydrogen) atoms. The topological polar surface area (TPSA) is 64.4 Å². The number of aliphatic carboxylic acids is 1. The molecule has 102 valence electrons. The molecule has 5 heteroatoms. The largest absolute Gasteiger partial charge is 0.481 e. The van der Waals surface area contributed by atoms with Crippen molar-refractivity contribution in [2.75, 3.05) is 6.61 Å². The van der Waals surface area contributed by atoms with E-state index in [9.17, 15) is 9.90 Å². The van der Waals surface area contributed by atoms with Crippen LogP contribution in [0.15, 0.2) is 6.33 Å². The fourth-order valence-electron chi connectivity index (χ4n) is 4.22. The SMILES string of the molecule is Cc1ncn(C[C@@H]2CCO2)c1C12CC(C(=O)O)(C1)C2. The van der Waals surface area contributed by atoms with E-state index in [4.69, 9.17) is 4.74 Å². The van der Waals surface area contributed by atoms with Gasteiger partial charge >= 0.3 is 5.97 Å². The molecule has 0 amide bonds. The Bertz CT molecular complexity index is 539. The first-order chi connectivity index (χ1) is 9.05. The van der Waals surface area contributed by atoms with Gasteiger partial charge in [-0.05, 0) is 32.6 Å². The van der Waals surface area contributed by atoms with Gasteiger partial charge in [0, 0.05) is 17.7 Å². The average Bonchev–Trinajstić information content (AvgIpc) is 2.51. The average molecular weight is 262 g/mol. The summed E-state index contributed by atoms with van der Waals surface area (Å²) < 4.78 is 7.69. The number of ether oxygens (including phenoxy) is 1. The molecule has 0 unspecified atom stereocenters. The number of nitrogens with zero attached hydrogens (tertiary/aromatic N) is 2. The molecule has 1 saturated heterocycles. The second-order valence-corrected chi connectivity index (χ2v) is 6.51. The molecule has 0 radical (unpaired) electrons. The third kappa shape index (κ3) is 1.34. The van der Waals surface area contributed by atoms with E-state index in [2.05, 4.69) is 9.55 Å². The number of rotatable bonds is 4. The Balaban J connectivity index is 1.59. The Morgan fingerprint density at radius 1 is 1.58 bits per heavy atom. The number of carbonyl (C=O) groups is 1. The molecule has 1 aromatic rings. The first kappa shape index (κ1) is 11.5. The van der Waals surface area contributed by atoms with E-state index >= 15 is 0 Å². The highest BCUT2D eigenvalue weighted by Crippen LogP contribution is 2.73. The van der Waals surface area contributed by atoms with Crippen LogP contribution in [0.5, 0.6) is 0 Å². The summed E-state index contributed by atoms with van der Waals surface area (Å²) >= 11 is 0. The van der Waals surface area contributed by atoms with E-state index in [1.54, 1.807) is 0 Å². The van der Waals surface area contributed by atoms with E-state index < -0.39 is 11.4 Å². The van der Waals surface area contributed by atoms with Crippen LogP contribution in [0.1, 0.15) is 37.1 Å². The minimum absolute atomic E-state index is 0.0860. The van der Waals surface area contributed by atoms with E-state index in [0.29, 0.717) is 6.10 Å². The zero-order valence-corrected chi connectivity index (χ0v) is 11.1. The van der Waals surface area contributed by atoms with Gasteiger partial charge in [0.1, 0.15) is 0 Å². The summed E-state index contributed by atoms with van der Waals surface area (Å²) in [4.78, 5) is 15.6. The van der Waals surface area contributed by atoms with Gasteiger partial charge in [-0.3, -0.25) is 4.79 Å². The van der Waals surface area contributed by atoms with Crippen LogP contribution in [0.4, 0.5) is 0 Å². The fourth-order valence-corrected chi connectivity index (χ4v) is 4.22. The number of hydrogen-bond donors (Lipinski definition) is 1. The Morgan fingerprint density at radius 2 is 2.26 bits per heavy atom. The van der Waals surface area contributed by atoms with E-state index in [0.717, 1.165) is 44.5 Å². The summed E-state index contributed by atoms with van der Waals surface area (Å²) in [6.07, 6.45) is 5.67. The van der Waals surface area contributed by atoms with Crippen molar-refractivity contribution in [2.45, 2.75) is 50.7 Å². The lowest BCUT2D eigenvalue weighted by Gasteiger charge is -2.68. The molecule has 1 N–H and O–H groups in total. The number of imidazole rings is 1. The summed E-state index contributed by atoms with van der Waals surface area (Å²) in [5.74, 6) is -0.625. The number of carboxylic acids is 1. The molecular formula is C14H18N2O3. The molecule has 0 spiro atoms. The van der Waals surface area contributed by atoms with Crippen LogP contribution in [0.25, 0.3) is 0 Å². The van der Waals surface area contributed by atoms with Gasteiger partial charge in [-0.15, -0.1) is 0 Å². The number of carboxylic acid groups (broad SMARTS) is 1. The van der Waals surface area contributed by atoms with Gasteiger partial charge in [0.05, 0.1) is 30.1 Å². The molecule has 5 rings (SSSR count). The van der Waals surface area contributed by atoms with Gasteiger partial charge in [0.2, 0.25) is 0 Å². The summed E-state index contributed by atoms with van der Waals surface area (Å²) in [7, 11) is 0. The van der Waals surface area contributed by atoms with Crippen LogP contribution in [0, 0.1) is 12.3 Å². The van der Waals surface area contributed by atoms with E-state index in [1.807, 2.05) is 13.3 Å². The molecular weight excluding hydrogens is 244 g/mol. The normalized spacial score (nSPS) is 39.1. The number of aryl methyl sites for hydroxylation is 1. The number of aromatic nitrogens is 2. The first-order valence-electron chi connectivity index (χ1n) is 6.92. The summed E-state index contributed by atoms with van der Waals surface area (Å²) in [6, 6.07) is 0. The van der Waals surface area contributed by atoms with Crippen LogP contribution >= 0.6 is 0 Å². The predicted octanol–water partition coefficient (Wildman–Crippen LogP) is 1.49. The van der Waals surface area contributed by atoms with Crippen molar-refractivity contribution in [1.29, 1.82) is 0 Å². The molecule has 3 saturated carbocycles. The Labute approximate surface area is 111 Å². The fraction of sp³-hybridized carbons (Fsp3) is 0.714. The van der Waals surface area contributed by atoms with Gasteiger partial charge < -0.3 is 14.4 Å². The molecule has 1 atom stereocenters. The molecule has 1 aliphatic heterocycles. The third-order valence-corrected chi connectivity index (χ3v) is 5.20. The summed E-state index contributed by atoms with van der Waals surface area (Å²) in [5.41, 5.74) is 1.97. The van der Waals surface area contributed by atoms with Gasteiger partial charge in [-0.2, -0.15) is 0 Å². The molecule has 4 aliphatic rings. The van der Waals surface area contributed by atoms with Gasteiger partial charge in [-0.25, -0.2) is 4.98 Å². The van der Waals surface area contributed by atoms with Crippen molar-refractivity contribution in [2.24, 2.45) is 5.41 Å². The molecule has 2 bridgehead atoms. The van der Waals surface area contributed by atoms with Crippen molar-refractivity contribution in [3.8, 4) is 0 Å². The zero-order valence-electron chi connectivity index (χ0n) is 11.1. The third-order valence-electron chi connectivity index (χ3n) is 5.20. The van der Waals surface area contributed by atoms with Crippen LogP contribution < -0.4 is 0 Å². The van der Waals surface area contributed by atoms with Crippen LogP contribution in [0.3, 0.4) is 0 Å². The quantitative estimate of drug-likeness (QED) is 0.892. The molecule has 1 aromatic heterocycles. The maximum absolute atomic E-state index is 11.2. The van der Waals surface area contributed by atoms with Crippen LogP contribution in [-0.2, 0) is 21.5 Å². The Kier molecular flexibility index (Phi) is 2.05. The van der Waals surface area contributed by atoms with Gasteiger partial charge in [-0.1, -0.05) is 0 Å².